The Morgan fingerprint density at radius 1 is 1.12 bits per heavy atom. The molecule has 0 aromatic carbocycles. The predicted molar refractivity (Wildman–Crippen MR) is 75.9 cm³/mol. The van der Waals surface area contributed by atoms with Gasteiger partial charge in [-0.3, -0.25) is 0 Å². The standard InChI is InChI=1S/C17H24/c1-4-17(12-8-9-13-17)16-11-7-5-6-10-14(2)15(16)3/h8-9,11-13H,4-7,10H2,1-3H3. The fourth-order valence-electron chi connectivity index (χ4n) is 3.01. The molecule has 0 unspecified atom stereocenters. The van der Waals surface area contributed by atoms with Crippen molar-refractivity contribution >= 4 is 0 Å². The molecular weight excluding hydrogens is 204 g/mol. The van der Waals surface area contributed by atoms with Gasteiger partial charge in [0.25, 0.3) is 0 Å². The minimum atomic E-state index is 0.183. The van der Waals surface area contributed by atoms with Crippen molar-refractivity contribution in [1.29, 1.82) is 0 Å². The molecule has 0 amide bonds. The average molecular weight is 228 g/mol. The van der Waals surface area contributed by atoms with Crippen molar-refractivity contribution in [2.45, 2.75) is 52.9 Å². The maximum absolute atomic E-state index is 2.49. The van der Waals surface area contributed by atoms with Crippen molar-refractivity contribution in [2.24, 2.45) is 5.41 Å². The van der Waals surface area contributed by atoms with Gasteiger partial charge in [0.1, 0.15) is 0 Å². The molecule has 0 bridgehead atoms. The van der Waals surface area contributed by atoms with Gasteiger partial charge in [0.05, 0.1) is 0 Å². The average Bonchev–Trinajstić information content (AvgIpc) is 2.80. The number of rotatable bonds is 2. The SMILES string of the molecule is CCC1(C2=CCCCCC(C)=C2C)C=CC=C1. The van der Waals surface area contributed by atoms with Crippen LogP contribution in [0.1, 0.15) is 52.9 Å². The monoisotopic (exact) mass is 228 g/mol. The Labute approximate surface area is 106 Å². The molecule has 0 N–H and O–H groups in total. The van der Waals surface area contributed by atoms with Crippen LogP contribution >= 0.6 is 0 Å². The van der Waals surface area contributed by atoms with Crippen LogP contribution in [-0.2, 0) is 0 Å². The molecule has 0 nitrogen and oxygen atoms in total. The summed E-state index contributed by atoms with van der Waals surface area (Å²) < 4.78 is 0. The van der Waals surface area contributed by atoms with Crippen molar-refractivity contribution in [3.63, 3.8) is 0 Å². The van der Waals surface area contributed by atoms with E-state index in [0.717, 1.165) is 6.42 Å². The molecule has 0 saturated heterocycles. The Hall–Kier alpha value is -1.04. The van der Waals surface area contributed by atoms with E-state index in [1.54, 1.807) is 11.1 Å². The lowest BCUT2D eigenvalue weighted by molar-refractivity contribution is 0.565. The predicted octanol–water partition coefficient (Wildman–Crippen LogP) is 5.35. The van der Waals surface area contributed by atoms with Crippen LogP contribution < -0.4 is 0 Å². The van der Waals surface area contributed by atoms with Gasteiger partial charge >= 0.3 is 0 Å². The second-order valence-electron chi connectivity index (χ2n) is 5.38. The summed E-state index contributed by atoms with van der Waals surface area (Å²) in [7, 11) is 0. The van der Waals surface area contributed by atoms with E-state index in [4.69, 9.17) is 0 Å². The van der Waals surface area contributed by atoms with E-state index in [1.807, 2.05) is 0 Å². The fraction of sp³-hybridized carbons (Fsp3) is 0.529. The molecule has 0 spiro atoms. The molecule has 2 aliphatic rings. The zero-order valence-electron chi connectivity index (χ0n) is 11.4. The van der Waals surface area contributed by atoms with Gasteiger partial charge in [-0.25, -0.2) is 0 Å². The summed E-state index contributed by atoms with van der Waals surface area (Å²) in [4.78, 5) is 0. The first-order valence-corrected chi connectivity index (χ1v) is 6.94. The molecule has 0 saturated carbocycles. The van der Waals surface area contributed by atoms with E-state index in [1.165, 1.54) is 31.3 Å². The molecule has 0 aliphatic heterocycles. The lowest BCUT2D eigenvalue weighted by atomic mass is 9.73. The molecule has 0 radical (unpaired) electrons. The van der Waals surface area contributed by atoms with Gasteiger partial charge in [-0.05, 0) is 57.1 Å². The Morgan fingerprint density at radius 3 is 2.47 bits per heavy atom. The Morgan fingerprint density at radius 2 is 1.82 bits per heavy atom. The molecule has 0 aromatic rings. The molecule has 0 atom stereocenters. The minimum Gasteiger partial charge on any atom is -0.0798 e. The van der Waals surface area contributed by atoms with Crippen molar-refractivity contribution in [1.82, 2.24) is 0 Å². The third-order valence-corrected chi connectivity index (χ3v) is 4.38. The van der Waals surface area contributed by atoms with Gasteiger partial charge in [0, 0.05) is 5.41 Å². The van der Waals surface area contributed by atoms with E-state index in [0.29, 0.717) is 0 Å². The molecule has 92 valence electrons. The highest BCUT2D eigenvalue weighted by Crippen LogP contribution is 2.43. The number of allylic oxidation sites excluding steroid dienone is 8. The van der Waals surface area contributed by atoms with Gasteiger partial charge in [-0.1, -0.05) is 42.9 Å². The lowest BCUT2D eigenvalue weighted by Crippen LogP contribution is -2.17. The number of hydrogen-bond donors (Lipinski definition) is 0. The van der Waals surface area contributed by atoms with Crippen LogP contribution in [0.15, 0.2) is 47.1 Å². The van der Waals surface area contributed by atoms with Gasteiger partial charge in [0.15, 0.2) is 0 Å². The van der Waals surface area contributed by atoms with E-state index in [2.05, 4.69) is 51.2 Å². The molecule has 2 rings (SSSR count). The van der Waals surface area contributed by atoms with Gasteiger partial charge in [-0.2, -0.15) is 0 Å². The zero-order valence-corrected chi connectivity index (χ0v) is 11.4. The van der Waals surface area contributed by atoms with Crippen LogP contribution in [0.5, 0.6) is 0 Å². The van der Waals surface area contributed by atoms with E-state index in [-0.39, 0.29) is 5.41 Å². The second kappa shape index (κ2) is 5.08. The minimum absolute atomic E-state index is 0.183. The summed E-state index contributed by atoms with van der Waals surface area (Å²) in [6, 6.07) is 0. The Bertz CT molecular complexity index is 390. The van der Waals surface area contributed by atoms with Crippen LogP contribution in [0.4, 0.5) is 0 Å². The quantitative estimate of drug-likeness (QED) is 0.598. The molecule has 0 heterocycles. The highest BCUT2D eigenvalue weighted by molar-refractivity contribution is 5.47. The first-order chi connectivity index (χ1) is 8.19. The summed E-state index contributed by atoms with van der Waals surface area (Å²) in [5, 5.41) is 0. The summed E-state index contributed by atoms with van der Waals surface area (Å²) in [6.45, 7) is 6.91. The molecule has 0 heteroatoms. The highest BCUT2D eigenvalue weighted by Gasteiger charge is 2.30. The summed E-state index contributed by atoms with van der Waals surface area (Å²) in [5.74, 6) is 0. The molecule has 2 aliphatic carbocycles. The van der Waals surface area contributed by atoms with Crippen molar-refractivity contribution < 1.29 is 0 Å². The summed E-state index contributed by atoms with van der Waals surface area (Å²) in [5.41, 5.74) is 4.85. The third kappa shape index (κ3) is 2.31. The van der Waals surface area contributed by atoms with Crippen LogP contribution in [0.3, 0.4) is 0 Å². The molecule has 0 fully saturated rings. The van der Waals surface area contributed by atoms with E-state index >= 15 is 0 Å². The first-order valence-electron chi connectivity index (χ1n) is 6.94. The van der Waals surface area contributed by atoms with Gasteiger partial charge < -0.3 is 0 Å². The fourth-order valence-corrected chi connectivity index (χ4v) is 3.01. The topological polar surface area (TPSA) is 0 Å². The van der Waals surface area contributed by atoms with E-state index in [9.17, 15) is 0 Å². The zero-order chi connectivity index (χ0) is 12.3. The number of hydrogen-bond acceptors (Lipinski definition) is 0. The largest absolute Gasteiger partial charge is 0.0798 e. The first kappa shape index (κ1) is 12.4. The summed E-state index contributed by atoms with van der Waals surface area (Å²) >= 11 is 0. The normalized spacial score (nSPS) is 23.6. The molecule has 0 aromatic heterocycles. The smallest absolute Gasteiger partial charge is 0.0315 e. The molecular formula is C17H24. The van der Waals surface area contributed by atoms with Crippen LogP contribution in [0.25, 0.3) is 0 Å². The van der Waals surface area contributed by atoms with Crippen LogP contribution in [-0.4, -0.2) is 0 Å². The third-order valence-electron chi connectivity index (χ3n) is 4.38. The Kier molecular flexibility index (Phi) is 3.71. The van der Waals surface area contributed by atoms with Crippen molar-refractivity contribution in [3.8, 4) is 0 Å². The molecule has 17 heavy (non-hydrogen) atoms. The van der Waals surface area contributed by atoms with Gasteiger partial charge in [0.2, 0.25) is 0 Å². The summed E-state index contributed by atoms with van der Waals surface area (Å²) in [6.07, 6.45) is 18.0. The maximum atomic E-state index is 2.49. The highest BCUT2D eigenvalue weighted by atomic mass is 14.3. The van der Waals surface area contributed by atoms with Crippen molar-refractivity contribution in [2.75, 3.05) is 0 Å². The van der Waals surface area contributed by atoms with Crippen LogP contribution in [0, 0.1) is 5.41 Å². The van der Waals surface area contributed by atoms with E-state index < -0.39 is 0 Å². The second-order valence-corrected chi connectivity index (χ2v) is 5.38. The van der Waals surface area contributed by atoms with Gasteiger partial charge in [-0.15, -0.1) is 0 Å². The maximum Gasteiger partial charge on any atom is 0.0315 e. The lowest BCUT2D eigenvalue weighted by Gasteiger charge is -2.30. The van der Waals surface area contributed by atoms with Crippen molar-refractivity contribution in [3.05, 3.63) is 47.1 Å². The Balaban J connectivity index is 2.43. The van der Waals surface area contributed by atoms with Crippen LogP contribution in [0.2, 0.25) is 0 Å².